The van der Waals surface area contributed by atoms with Crippen LogP contribution in [0.15, 0.2) is 24.3 Å². The number of hydrogen-bond acceptors (Lipinski definition) is 1. The van der Waals surface area contributed by atoms with Crippen molar-refractivity contribution < 1.29 is 0 Å². The van der Waals surface area contributed by atoms with E-state index < -0.39 is 0 Å². The predicted octanol–water partition coefficient (Wildman–Crippen LogP) is 4.44. The van der Waals surface area contributed by atoms with Gasteiger partial charge in [0.1, 0.15) is 0 Å². The van der Waals surface area contributed by atoms with Gasteiger partial charge in [-0.25, -0.2) is 0 Å². The van der Waals surface area contributed by atoms with Crippen molar-refractivity contribution in [2.24, 2.45) is 17.8 Å². The molecule has 1 unspecified atom stereocenters. The largest absolute Gasteiger partial charge is 0.313 e. The summed E-state index contributed by atoms with van der Waals surface area (Å²) in [5, 5.41) is 3.53. The molecule has 0 radical (unpaired) electrons. The third-order valence-electron chi connectivity index (χ3n) is 3.95. The second-order valence-electron chi connectivity index (χ2n) is 5.93. The lowest BCUT2D eigenvalue weighted by molar-refractivity contribution is 0.217. The zero-order chi connectivity index (χ0) is 13.7. The molecule has 1 aromatic rings. The van der Waals surface area contributed by atoms with Crippen LogP contribution in [0.5, 0.6) is 0 Å². The van der Waals surface area contributed by atoms with Crippen LogP contribution in [0.3, 0.4) is 0 Å². The fourth-order valence-electron chi connectivity index (χ4n) is 3.13. The van der Waals surface area contributed by atoms with Crippen LogP contribution in [0.4, 0.5) is 0 Å². The van der Waals surface area contributed by atoms with Crippen molar-refractivity contribution in [2.75, 3.05) is 7.05 Å². The maximum atomic E-state index is 3.53. The van der Waals surface area contributed by atoms with E-state index in [9.17, 15) is 0 Å². The Morgan fingerprint density at radius 3 is 2.11 bits per heavy atom. The van der Waals surface area contributed by atoms with Crippen LogP contribution in [0.25, 0.3) is 0 Å². The summed E-state index contributed by atoms with van der Waals surface area (Å²) in [6, 6.07) is 9.49. The van der Waals surface area contributed by atoms with Crippen molar-refractivity contribution in [1.29, 1.82) is 0 Å². The molecule has 0 aliphatic heterocycles. The summed E-state index contributed by atoms with van der Waals surface area (Å²) in [6.45, 7) is 11.5. The van der Waals surface area contributed by atoms with E-state index in [0.29, 0.717) is 23.8 Å². The van der Waals surface area contributed by atoms with Gasteiger partial charge in [-0.2, -0.15) is 0 Å². The predicted molar refractivity (Wildman–Crippen MR) is 80.8 cm³/mol. The number of benzene rings is 1. The highest BCUT2D eigenvalue weighted by Crippen LogP contribution is 2.34. The standard InChI is InChI=1S/C17H29N/c1-7-14-9-8-10-15(11-14)17(18-6)16(12(2)3)13(4)5/h8-13,16-18H,7H2,1-6H3. The first-order valence-corrected chi connectivity index (χ1v) is 7.27. The van der Waals surface area contributed by atoms with Crippen LogP contribution in [-0.4, -0.2) is 7.05 Å². The molecule has 1 heteroatoms. The van der Waals surface area contributed by atoms with E-state index in [2.05, 4.69) is 71.2 Å². The van der Waals surface area contributed by atoms with Crippen molar-refractivity contribution in [2.45, 2.75) is 47.1 Å². The highest BCUT2D eigenvalue weighted by Gasteiger charge is 2.27. The van der Waals surface area contributed by atoms with Gasteiger partial charge in [0, 0.05) is 6.04 Å². The summed E-state index contributed by atoms with van der Waals surface area (Å²) in [4.78, 5) is 0. The first kappa shape index (κ1) is 15.2. The third-order valence-corrected chi connectivity index (χ3v) is 3.95. The Bertz CT molecular complexity index is 346. The van der Waals surface area contributed by atoms with Gasteiger partial charge in [0.15, 0.2) is 0 Å². The maximum Gasteiger partial charge on any atom is 0.0351 e. The Morgan fingerprint density at radius 1 is 1.06 bits per heavy atom. The summed E-state index contributed by atoms with van der Waals surface area (Å²) in [5.41, 5.74) is 2.86. The zero-order valence-electron chi connectivity index (χ0n) is 12.8. The summed E-state index contributed by atoms with van der Waals surface area (Å²) >= 11 is 0. The zero-order valence-corrected chi connectivity index (χ0v) is 12.8. The minimum Gasteiger partial charge on any atom is -0.313 e. The van der Waals surface area contributed by atoms with Gasteiger partial charge >= 0.3 is 0 Å². The molecule has 0 aliphatic rings. The molecule has 0 bridgehead atoms. The van der Waals surface area contributed by atoms with E-state index in [-0.39, 0.29) is 0 Å². The summed E-state index contributed by atoms with van der Waals surface area (Å²) in [5.74, 6) is 2.04. The lowest BCUT2D eigenvalue weighted by atomic mass is 9.77. The van der Waals surface area contributed by atoms with Gasteiger partial charge in [0.25, 0.3) is 0 Å². The van der Waals surface area contributed by atoms with E-state index in [0.717, 1.165) is 6.42 Å². The molecule has 0 heterocycles. The lowest BCUT2D eigenvalue weighted by Gasteiger charge is -2.33. The van der Waals surface area contributed by atoms with Crippen LogP contribution in [0, 0.1) is 17.8 Å². The van der Waals surface area contributed by atoms with Gasteiger partial charge < -0.3 is 5.32 Å². The van der Waals surface area contributed by atoms with E-state index in [1.165, 1.54) is 11.1 Å². The molecule has 0 spiro atoms. The molecule has 0 amide bonds. The highest BCUT2D eigenvalue weighted by molar-refractivity contribution is 5.26. The van der Waals surface area contributed by atoms with Crippen LogP contribution < -0.4 is 5.32 Å². The number of rotatable bonds is 6. The van der Waals surface area contributed by atoms with Crippen molar-refractivity contribution in [3.05, 3.63) is 35.4 Å². The molecule has 0 saturated carbocycles. The minimum absolute atomic E-state index is 0.455. The monoisotopic (exact) mass is 247 g/mol. The SMILES string of the molecule is CCc1cccc(C(NC)C(C(C)C)C(C)C)c1. The average Bonchev–Trinajstić information content (AvgIpc) is 2.34. The molecular weight excluding hydrogens is 218 g/mol. The Kier molecular flexibility index (Phi) is 5.87. The van der Waals surface area contributed by atoms with E-state index >= 15 is 0 Å². The highest BCUT2D eigenvalue weighted by atomic mass is 14.9. The van der Waals surface area contributed by atoms with Crippen molar-refractivity contribution >= 4 is 0 Å². The van der Waals surface area contributed by atoms with Crippen molar-refractivity contribution in [3.63, 3.8) is 0 Å². The molecule has 1 atom stereocenters. The molecule has 18 heavy (non-hydrogen) atoms. The lowest BCUT2D eigenvalue weighted by Crippen LogP contribution is -2.32. The fourth-order valence-corrected chi connectivity index (χ4v) is 3.13. The van der Waals surface area contributed by atoms with Gasteiger partial charge in [-0.05, 0) is 42.3 Å². The molecule has 0 aliphatic carbocycles. The number of aryl methyl sites for hydroxylation is 1. The Balaban J connectivity index is 3.06. The van der Waals surface area contributed by atoms with Crippen LogP contribution in [0.2, 0.25) is 0 Å². The molecular formula is C17H29N. The molecule has 0 saturated heterocycles. The number of hydrogen-bond donors (Lipinski definition) is 1. The molecule has 0 fully saturated rings. The van der Waals surface area contributed by atoms with Crippen molar-refractivity contribution in [1.82, 2.24) is 5.32 Å². The molecule has 1 N–H and O–H groups in total. The van der Waals surface area contributed by atoms with E-state index in [4.69, 9.17) is 0 Å². The van der Waals surface area contributed by atoms with Gasteiger partial charge in [0.2, 0.25) is 0 Å². The van der Waals surface area contributed by atoms with Gasteiger partial charge in [0.05, 0.1) is 0 Å². The third kappa shape index (κ3) is 3.58. The van der Waals surface area contributed by atoms with E-state index in [1.807, 2.05) is 0 Å². The normalized spacial score (nSPS) is 13.6. The second kappa shape index (κ2) is 6.94. The smallest absolute Gasteiger partial charge is 0.0351 e. The molecule has 1 rings (SSSR count). The van der Waals surface area contributed by atoms with Gasteiger partial charge in [-0.15, -0.1) is 0 Å². The van der Waals surface area contributed by atoms with Gasteiger partial charge in [-0.3, -0.25) is 0 Å². The van der Waals surface area contributed by atoms with Crippen LogP contribution in [-0.2, 0) is 6.42 Å². The first-order valence-electron chi connectivity index (χ1n) is 7.27. The van der Waals surface area contributed by atoms with E-state index in [1.54, 1.807) is 0 Å². The maximum absolute atomic E-state index is 3.53. The number of nitrogens with one attached hydrogen (secondary N) is 1. The summed E-state index contributed by atoms with van der Waals surface area (Å²) < 4.78 is 0. The average molecular weight is 247 g/mol. The molecule has 0 aromatic heterocycles. The van der Waals surface area contributed by atoms with Crippen molar-refractivity contribution in [3.8, 4) is 0 Å². The van der Waals surface area contributed by atoms with Crippen LogP contribution >= 0.6 is 0 Å². The second-order valence-corrected chi connectivity index (χ2v) is 5.93. The van der Waals surface area contributed by atoms with Gasteiger partial charge in [-0.1, -0.05) is 58.9 Å². The minimum atomic E-state index is 0.455. The molecule has 1 nitrogen and oxygen atoms in total. The fraction of sp³-hybridized carbons (Fsp3) is 0.647. The topological polar surface area (TPSA) is 12.0 Å². The Hall–Kier alpha value is -0.820. The van der Waals surface area contributed by atoms with Crippen LogP contribution in [0.1, 0.15) is 51.8 Å². The molecule has 102 valence electrons. The first-order chi connectivity index (χ1) is 8.51. The quantitative estimate of drug-likeness (QED) is 0.783. The Morgan fingerprint density at radius 2 is 1.67 bits per heavy atom. The summed E-state index contributed by atoms with van der Waals surface area (Å²) in [6.07, 6.45) is 1.11. The Labute approximate surface area is 113 Å². The molecule has 1 aromatic carbocycles. The summed E-state index contributed by atoms with van der Waals surface area (Å²) in [7, 11) is 2.08.